The third-order valence-corrected chi connectivity index (χ3v) is 7.36. The third-order valence-electron chi connectivity index (χ3n) is 6.50. The van der Waals surface area contributed by atoms with E-state index in [9.17, 15) is 9.59 Å². The van der Waals surface area contributed by atoms with Crippen molar-refractivity contribution in [3.8, 4) is 22.9 Å². The van der Waals surface area contributed by atoms with Gasteiger partial charge in [-0.3, -0.25) is 9.59 Å². The van der Waals surface area contributed by atoms with Crippen LogP contribution in [0.1, 0.15) is 29.5 Å². The molecule has 1 fully saturated rings. The van der Waals surface area contributed by atoms with Gasteiger partial charge in [-0.1, -0.05) is 6.07 Å². The van der Waals surface area contributed by atoms with E-state index in [0.29, 0.717) is 41.8 Å². The monoisotopic (exact) mass is 566 g/mol. The summed E-state index contributed by atoms with van der Waals surface area (Å²) in [6, 6.07) is 11.4. The largest absolute Gasteiger partial charge is 0.493 e. The van der Waals surface area contributed by atoms with Crippen LogP contribution in [-0.2, 0) is 27.4 Å². The SMILES string of the molecule is COc1ccc(-c2nnn(CC(=O)N(Cc3cccs3)C(C(=O)NCC3CCCO3)c3ccco3)n2)cc1OC. The Labute approximate surface area is 234 Å². The number of nitrogens with one attached hydrogen (secondary N) is 1. The highest BCUT2D eigenvalue weighted by molar-refractivity contribution is 7.09. The Morgan fingerprint density at radius 2 is 2.08 bits per heavy atom. The number of rotatable bonds is 12. The molecule has 0 bridgehead atoms. The highest BCUT2D eigenvalue weighted by Gasteiger charge is 2.35. The Hall–Kier alpha value is -4.23. The molecule has 3 aromatic heterocycles. The van der Waals surface area contributed by atoms with Gasteiger partial charge < -0.3 is 28.8 Å². The number of hydrogen-bond donors (Lipinski definition) is 1. The Balaban J connectivity index is 1.38. The molecule has 13 heteroatoms. The van der Waals surface area contributed by atoms with Crippen molar-refractivity contribution in [3.63, 3.8) is 0 Å². The van der Waals surface area contributed by atoms with E-state index in [2.05, 4.69) is 20.7 Å². The topological polar surface area (TPSA) is 134 Å². The van der Waals surface area contributed by atoms with Crippen LogP contribution in [0.2, 0.25) is 0 Å². The highest BCUT2D eigenvalue weighted by Crippen LogP contribution is 2.31. The van der Waals surface area contributed by atoms with Crippen molar-refractivity contribution < 1.29 is 28.2 Å². The number of amides is 2. The quantitative estimate of drug-likeness (QED) is 0.275. The molecule has 2 atom stereocenters. The fourth-order valence-corrected chi connectivity index (χ4v) is 5.20. The first kappa shape index (κ1) is 27.3. The molecule has 1 aliphatic heterocycles. The molecule has 12 nitrogen and oxygen atoms in total. The van der Waals surface area contributed by atoms with Gasteiger partial charge in [-0.25, -0.2) is 0 Å². The molecule has 1 aromatic carbocycles. The summed E-state index contributed by atoms with van der Waals surface area (Å²) in [5.74, 6) is 1.03. The van der Waals surface area contributed by atoms with Gasteiger partial charge in [0, 0.05) is 23.6 Å². The summed E-state index contributed by atoms with van der Waals surface area (Å²) >= 11 is 1.49. The second kappa shape index (κ2) is 12.7. The van der Waals surface area contributed by atoms with E-state index in [4.69, 9.17) is 18.6 Å². The number of carbonyl (C=O) groups is 2. The van der Waals surface area contributed by atoms with E-state index in [1.807, 2.05) is 17.5 Å². The summed E-state index contributed by atoms with van der Waals surface area (Å²) in [6.07, 6.45) is 3.28. The van der Waals surface area contributed by atoms with Crippen molar-refractivity contribution in [2.75, 3.05) is 27.4 Å². The first-order chi connectivity index (χ1) is 19.6. The second-order valence-corrected chi connectivity index (χ2v) is 10.1. The molecule has 0 aliphatic carbocycles. The smallest absolute Gasteiger partial charge is 0.250 e. The molecule has 4 aromatic rings. The first-order valence-electron chi connectivity index (χ1n) is 12.8. The predicted octanol–water partition coefficient (Wildman–Crippen LogP) is 3.08. The van der Waals surface area contributed by atoms with E-state index in [1.165, 1.54) is 27.3 Å². The molecule has 0 spiro atoms. The average molecular weight is 567 g/mol. The molecule has 2 amide bonds. The van der Waals surface area contributed by atoms with Gasteiger partial charge in [0.15, 0.2) is 17.5 Å². The van der Waals surface area contributed by atoms with Crippen LogP contribution in [0.4, 0.5) is 0 Å². The lowest BCUT2D eigenvalue weighted by atomic mass is 10.1. The van der Waals surface area contributed by atoms with Crippen molar-refractivity contribution >= 4 is 23.2 Å². The van der Waals surface area contributed by atoms with Crippen LogP contribution in [0.3, 0.4) is 0 Å². The summed E-state index contributed by atoms with van der Waals surface area (Å²) in [7, 11) is 3.09. The Morgan fingerprint density at radius 3 is 2.77 bits per heavy atom. The fraction of sp³-hybridized carbons (Fsp3) is 0.370. The van der Waals surface area contributed by atoms with Gasteiger partial charge in [-0.2, -0.15) is 4.80 Å². The molecular formula is C27H30N6O6S. The van der Waals surface area contributed by atoms with Gasteiger partial charge in [0.25, 0.3) is 5.91 Å². The van der Waals surface area contributed by atoms with Crippen LogP contribution in [0, 0.1) is 0 Å². The zero-order valence-electron chi connectivity index (χ0n) is 22.2. The number of carbonyl (C=O) groups excluding carboxylic acids is 2. The second-order valence-electron chi connectivity index (χ2n) is 9.11. The predicted molar refractivity (Wildman–Crippen MR) is 145 cm³/mol. The molecule has 0 radical (unpaired) electrons. The molecule has 5 rings (SSSR count). The van der Waals surface area contributed by atoms with Crippen molar-refractivity contribution in [1.29, 1.82) is 0 Å². The molecule has 1 N–H and O–H groups in total. The summed E-state index contributed by atoms with van der Waals surface area (Å²) in [5.41, 5.74) is 0.647. The van der Waals surface area contributed by atoms with E-state index >= 15 is 0 Å². The summed E-state index contributed by atoms with van der Waals surface area (Å²) in [6.45, 7) is 1.01. The first-order valence-corrected chi connectivity index (χ1v) is 13.7. The maximum Gasteiger partial charge on any atom is 0.250 e. The minimum atomic E-state index is -1.00. The zero-order valence-corrected chi connectivity index (χ0v) is 23.0. The van der Waals surface area contributed by atoms with Gasteiger partial charge in [-0.15, -0.1) is 21.5 Å². The third kappa shape index (κ3) is 6.32. The van der Waals surface area contributed by atoms with E-state index in [1.54, 1.807) is 44.6 Å². The number of aromatic nitrogens is 4. The summed E-state index contributed by atoms with van der Waals surface area (Å²) in [5, 5.41) is 17.5. The Kier molecular flexibility index (Phi) is 8.71. The van der Waals surface area contributed by atoms with Gasteiger partial charge >= 0.3 is 0 Å². The molecule has 210 valence electrons. The van der Waals surface area contributed by atoms with Gasteiger partial charge in [-0.05, 0) is 59.8 Å². The number of thiophene rings is 1. The summed E-state index contributed by atoms with van der Waals surface area (Å²) < 4.78 is 21.9. The van der Waals surface area contributed by atoms with Crippen molar-refractivity contribution in [3.05, 3.63) is 64.7 Å². The van der Waals surface area contributed by atoms with Gasteiger partial charge in [0.1, 0.15) is 12.3 Å². The standard InChI is InChI=1S/C27H30N6O6S/c1-36-21-10-9-18(14-23(21)37-2)26-29-31-33(30-26)17-24(34)32(16-20-7-5-13-40-20)25(22-8-4-12-39-22)27(35)28-15-19-6-3-11-38-19/h4-5,7-10,12-14,19,25H,3,6,11,15-17H2,1-2H3,(H,28,35). The van der Waals surface area contributed by atoms with E-state index < -0.39 is 6.04 Å². The van der Waals surface area contributed by atoms with E-state index in [0.717, 1.165) is 17.7 Å². The number of nitrogens with zero attached hydrogens (tertiary/aromatic N) is 5. The Morgan fingerprint density at radius 1 is 1.20 bits per heavy atom. The highest BCUT2D eigenvalue weighted by atomic mass is 32.1. The lowest BCUT2D eigenvalue weighted by molar-refractivity contribution is -0.143. The Bertz CT molecular complexity index is 1400. The van der Waals surface area contributed by atoms with Crippen LogP contribution < -0.4 is 14.8 Å². The van der Waals surface area contributed by atoms with Gasteiger partial charge in [0.2, 0.25) is 11.7 Å². The van der Waals surface area contributed by atoms with Gasteiger partial charge in [0.05, 0.1) is 33.1 Å². The van der Waals surface area contributed by atoms with Crippen molar-refractivity contribution in [2.24, 2.45) is 0 Å². The maximum absolute atomic E-state index is 13.8. The average Bonchev–Trinajstić information content (AvgIpc) is 3.80. The molecule has 1 saturated heterocycles. The van der Waals surface area contributed by atoms with Crippen LogP contribution in [-0.4, -0.2) is 70.4 Å². The molecule has 2 unspecified atom stereocenters. The van der Waals surface area contributed by atoms with Crippen LogP contribution in [0.25, 0.3) is 11.4 Å². The van der Waals surface area contributed by atoms with Crippen molar-refractivity contribution in [2.45, 2.75) is 38.1 Å². The lowest BCUT2D eigenvalue weighted by Gasteiger charge is -2.29. The molecule has 4 heterocycles. The number of tetrazole rings is 1. The number of benzene rings is 1. The zero-order chi connectivity index (χ0) is 27.9. The number of methoxy groups -OCH3 is 2. The fourth-order valence-electron chi connectivity index (χ4n) is 4.49. The lowest BCUT2D eigenvalue weighted by Crippen LogP contribution is -2.46. The minimum absolute atomic E-state index is 0.0444. The number of ether oxygens (including phenoxy) is 3. The van der Waals surface area contributed by atoms with Crippen molar-refractivity contribution in [1.82, 2.24) is 30.4 Å². The molecule has 1 aliphatic rings. The van der Waals surface area contributed by atoms with E-state index in [-0.39, 0.29) is 31.0 Å². The molecule has 40 heavy (non-hydrogen) atoms. The number of hydrogen-bond acceptors (Lipinski definition) is 10. The molecular weight excluding hydrogens is 536 g/mol. The summed E-state index contributed by atoms with van der Waals surface area (Å²) in [4.78, 5) is 30.9. The minimum Gasteiger partial charge on any atom is -0.493 e. The molecule has 0 saturated carbocycles. The van der Waals surface area contributed by atoms with Crippen LogP contribution in [0.5, 0.6) is 11.5 Å². The number of furan rings is 1. The van der Waals surface area contributed by atoms with Crippen LogP contribution >= 0.6 is 11.3 Å². The maximum atomic E-state index is 13.8. The normalized spacial score (nSPS) is 15.5. The van der Waals surface area contributed by atoms with Crippen LogP contribution in [0.15, 0.2) is 58.5 Å².